The van der Waals surface area contributed by atoms with Gasteiger partial charge in [-0.25, -0.2) is 9.97 Å². The zero-order valence-electron chi connectivity index (χ0n) is 7.14. The van der Waals surface area contributed by atoms with Crippen molar-refractivity contribution in [1.29, 1.82) is 0 Å². The van der Waals surface area contributed by atoms with Crippen LogP contribution in [0.25, 0.3) is 0 Å². The van der Waals surface area contributed by atoms with Gasteiger partial charge in [-0.1, -0.05) is 0 Å². The van der Waals surface area contributed by atoms with Gasteiger partial charge in [0.2, 0.25) is 0 Å². The Bertz CT molecular complexity index is 296. The Morgan fingerprint density at radius 3 is 2.85 bits per heavy atom. The first-order valence-corrected chi connectivity index (χ1v) is 5.40. The highest BCUT2D eigenvalue weighted by molar-refractivity contribution is 7.99. The van der Waals surface area contributed by atoms with Crippen molar-refractivity contribution in [3.05, 3.63) is 24.3 Å². The number of thioether (sulfide) groups is 1. The average Bonchev–Trinajstić information content (AvgIpc) is 2.71. The van der Waals surface area contributed by atoms with E-state index in [0.717, 1.165) is 17.9 Å². The smallest absolute Gasteiger partial charge is 0.169 e. The minimum atomic E-state index is 0.191. The molecule has 68 valence electrons. The lowest BCUT2D eigenvalue weighted by atomic mass is 9.99. The number of carbonyl (C=O) groups excluding carboxylic acids is 1. The molecule has 3 nitrogen and oxygen atoms in total. The van der Waals surface area contributed by atoms with Gasteiger partial charge in [0.05, 0.1) is 5.56 Å². The number of hydrogen-bond donors (Lipinski definition) is 0. The Hall–Kier alpha value is -0.900. The molecule has 1 atom stereocenters. The van der Waals surface area contributed by atoms with Gasteiger partial charge in [-0.3, -0.25) is 4.79 Å². The zero-order chi connectivity index (χ0) is 9.10. The molecule has 1 aliphatic heterocycles. The van der Waals surface area contributed by atoms with Crippen molar-refractivity contribution in [2.45, 2.75) is 6.42 Å². The van der Waals surface area contributed by atoms with Crippen LogP contribution in [-0.4, -0.2) is 27.3 Å². The summed E-state index contributed by atoms with van der Waals surface area (Å²) in [5, 5.41) is 0. The Kier molecular flexibility index (Phi) is 2.59. The second kappa shape index (κ2) is 3.87. The van der Waals surface area contributed by atoms with Crippen LogP contribution in [0.1, 0.15) is 16.8 Å². The maximum atomic E-state index is 11.8. The molecule has 0 aromatic carbocycles. The lowest BCUT2D eigenvalue weighted by Crippen LogP contribution is -2.14. The van der Waals surface area contributed by atoms with Gasteiger partial charge in [-0.15, -0.1) is 0 Å². The first-order chi connectivity index (χ1) is 6.38. The molecule has 0 bridgehead atoms. The van der Waals surface area contributed by atoms with E-state index in [0.29, 0.717) is 5.56 Å². The van der Waals surface area contributed by atoms with E-state index in [1.54, 1.807) is 12.4 Å². The van der Waals surface area contributed by atoms with Gasteiger partial charge in [0.25, 0.3) is 0 Å². The minimum Gasteiger partial charge on any atom is -0.294 e. The molecule has 0 aliphatic carbocycles. The highest BCUT2D eigenvalue weighted by Crippen LogP contribution is 2.26. The van der Waals surface area contributed by atoms with E-state index in [1.807, 2.05) is 11.8 Å². The summed E-state index contributed by atoms with van der Waals surface area (Å²) in [6.45, 7) is 0. The van der Waals surface area contributed by atoms with Crippen LogP contribution in [0.2, 0.25) is 0 Å². The normalized spacial score (nSPS) is 21.7. The molecule has 0 saturated carbocycles. The molecule has 1 aromatic rings. The number of hydrogen-bond acceptors (Lipinski definition) is 4. The summed E-state index contributed by atoms with van der Waals surface area (Å²) in [6, 6.07) is 0. The summed E-state index contributed by atoms with van der Waals surface area (Å²) in [7, 11) is 0. The lowest BCUT2D eigenvalue weighted by Gasteiger charge is -2.04. The highest BCUT2D eigenvalue weighted by atomic mass is 32.2. The van der Waals surface area contributed by atoms with Crippen molar-refractivity contribution in [3.63, 3.8) is 0 Å². The number of aromatic nitrogens is 2. The summed E-state index contributed by atoms with van der Waals surface area (Å²) in [5.74, 6) is 2.44. The van der Waals surface area contributed by atoms with Crippen LogP contribution in [0.4, 0.5) is 0 Å². The van der Waals surface area contributed by atoms with E-state index < -0.39 is 0 Å². The molecule has 2 rings (SSSR count). The molecule has 1 aromatic heterocycles. The predicted octanol–water partition coefficient (Wildman–Crippen LogP) is 1.41. The monoisotopic (exact) mass is 194 g/mol. The second-order valence-electron chi connectivity index (χ2n) is 3.05. The fourth-order valence-electron chi connectivity index (χ4n) is 1.40. The van der Waals surface area contributed by atoms with Gasteiger partial charge in [0.15, 0.2) is 5.78 Å². The zero-order valence-corrected chi connectivity index (χ0v) is 7.96. The van der Waals surface area contributed by atoms with Crippen LogP contribution in [0.5, 0.6) is 0 Å². The molecule has 2 heterocycles. The van der Waals surface area contributed by atoms with Crippen LogP contribution in [0.3, 0.4) is 0 Å². The molecule has 13 heavy (non-hydrogen) atoms. The maximum absolute atomic E-state index is 11.8. The summed E-state index contributed by atoms with van der Waals surface area (Å²) < 4.78 is 0. The van der Waals surface area contributed by atoms with Crippen molar-refractivity contribution in [1.82, 2.24) is 9.97 Å². The first-order valence-electron chi connectivity index (χ1n) is 4.25. The van der Waals surface area contributed by atoms with E-state index in [-0.39, 0.29) is 11.7 Å². The minimum absolute atomic E-state index is 0.191. The molecular weight excluding hydrogens is 184 g/mol. The SMILES string of the molecule is O=C(c1cncnc1)C1CCSC1. The van der Waals surface area contributed by atoms with Crippen molar-refractivity contribution < 1.29 is 4.79 Å². The second-order valence-corrected chi connectivity index (χ2v) is 4.20. The van der Waals surface area contributed by atoms with Crippen LogP contribution in [-0.2, 0) is 0 Å². The fraction of sp³-hybridized carbons (Fsp3) is 0.444. The molecule has 0 N–H and O–H groups in total. The molecule has 4 heteroatoms. The number of carbonyl (C=O) groups is 1. The van der Waals surface area contributed by atoms with Crippen LogP contribution >= 0.6 is 11.8 Å². The Balaban J connectivity index is 2.13. The number of rotatable bonds is 2. The van der Waals surface area contributed by atoms with Crippen LogP contribution in [0, 0.1) is 5.92 Å². The number of nitrogens with zero attached hydrogens (tertiary/aromatic N) is 2. The third-order valence-electron chi connectivity index (χ3n) is 2.15. The topological polar surface area (TPSA) is 42.9 Å². The standard InChI is InChI=1S/C9H10N2OS/c12-9(7-1-2-13-5-7)8-3-10-6-11-4-8/h3-4,6-7H,1-2,5H2. The summed E-state index contributed by atoms with van der Waals surface area (Å²) in [6.07, 6.45) is 5.63. The van der Waals surface area contributed by atoms with Crippen molar-refractivity contribution in [2.24, 2.45) is 5.92 Å². The number of Topliss-reactive ketones (excluding diaryl/α,β-unsaturated/α-hetero) is 1. The Morgan fingerprint density at radius 2 is 2.23 bits per heavy atom. The molecule has 0 radical (unpaired) electrons. The molecule has 1 aliphatic rings. The van der Waals surface area contributed by atoms with E-state index in [2.05, 4.69) is 9.97 Å². The van der Waals surface area contributed by atoms with Crippen LogP contribution < -0.4 is 0 Å². The van der Waals surface area contributed by atoms with Crippen LogP contribution in [0.15, 0.2) is 18.7 Å². The van der Waals surface area contributed by atoms with Gasteiger partial charge >= 0.3 is 0 Å². The average molecular weight is 194 g/mol. The Labute approximate surface area is 81.0 Å². The third-order valence-corrected chi connectivity index (χ3v) is 3.31. The fourth-order valence-corrected chi connectivity index (χ4v) is 2.62. The first kappa shape index (κ1) is 8.69. The maximum Gasteiger partial charge on any atom is 0.169 e. The van der Waals surface area contributed by atoms with E-state index in [9.17, 15) is 4.79 Å². The Morgan fingerprint density at radius 1 is 1.46 bits per heavy atom. The summed E-state index contributed by atoms with van der Waals surface area (Å²) in [5.41, 5.74) is 0.648. The largest absolute Gasteiger partial charge is 0.294 e. The molecule has 1 unspecified atom stereocenters. The molecule has 1 fully saturated rings. The highest BCUT2D eigenvalue weighted by Gasteiger charge is 2.24. The predicted molar refractivity (Wildman–Crippen MR) is 51.8 cm³/mol. The van der Waals surface area contributed by atoms with E-state index >= 15 is 0 Å². The van der Waals surface area contributed by atoms with Crippen molar-refractivity contribution in [3.8, 4) is 0 Å². The van der Waals surface area contributed by atoms with Crippen molar-refractivity contribution >= 4 is 17.5 Å². The lowest BCUT2D eigenvalue weighted by molar-refractivity contribution is 0.0933. The van der Waals surface area contributed by atoms with Gasteiger partial charge in [0.1, 0.15) is 6.33 Å². The quantitative estimate of drug-likeness (QED) is 0.668. The van der Waals surface area contributed by atoms with Gasteiger partial charge in [-0.2, -0.15) is 11.8 Å². The number of ketones is 1. The summed E-state index contributed by atoms with van der Waals surface area (Å²) in [4.78, 5) is 19.4. The van der Waals surface area contributed by atoms with E-state index in [4.69, 9.17) is 0 Å². The molecule has 1 saturated heterocycles. The van der Waals surface area contributed by atoms with E-state index in [1.165, 1.54) is 6.33 Å². The van der Waals surface area contributed by atoms with Crippen molar-refractivity contribution in [2.75, 3.05) is 11.5 Å². The summed E-state index contributed by atoms with van der Waals surface area (Å²) >= 11 is 1.84. The van der Waals surface area contributed by atoms with Gasteiger partial charge in [0, 0.05) is 24.1 Å². The third kappa shape index (κ3) is 1.88. The molecule has 0 spiro atoms. The molecular formula is C9H10N2OS. The molecule has 0 amide bonds. The van der Waals surface area contributed by atoms with Gasteiger partial charge in [-0.05, 0) is 12.2 Å². The van der Waals surface area contributed by atoms with Gasteiger partial charge < -0.3 is 0 Å².